The molecule has 0 aliphatic heterocycles. The molecule has 1 N–H and O–H groups in total. The molecular formula is C18H17BrClNO3. The van der Waals surface area contributed by atoms with E-state index in [1.54, 1.807) is 31.4 Å². The second-order valence-corrected chi connectivity index (χ2v) is 6.26. The molecule has 24 heavy (non-hydrogen) atoms. The SMILES string of the molecule is C=CCc1ccc(OCC(=O)Nc2ccc(Br)cc2Cl)c(OC)c1. The van der Waals surface area contributed by atoms with Crippen LogP contribution in [-0.2, 0) is 11.2 Å². The minimum atomic E-state index is -0.309. The Balaban J connectivity index is 1.99. The van der Waals surface area contributed by atoms with Gasteiger partial charge in [0.2, 0.25) is 0 Å². The lowest BCUT2D eigenvalue weighted by molar-refractivity contribution is -0.118. The predicted octanol–water partition coefficient (Wildman–Crippen LogP) is 4.86. The Labute approximate surface area is 154 Å². The summed E-state index contributed by atoms with van der Waals surface area (Å²) in [6.07, 6.45) is 2.55. The Kier molecular flexibility index (Phi) is 6.70. The number of ether oxygens (including phenoxy) is 2. The number of halogens is 2. The smallest absolute Gasteiger partial charge is 0.262 e. The first kappa shape index (κ1) is 18.4. The molecule has 0 unspecified atom stereocenters. The molecule has 1 amide bonds. The van der Waals surface area contributed by atoms with E-state index in [-0.39, 0.29) is 12.5 Å². The average Bonchev–Trinajstić information content (AvgIpc) is 2.56. The number of anilines is 1. The molecule has 0 aliphatic carbocycles. The maximum absolute atomic E-state index is 12.0. The summed E-state index contributed by atoms with van der Waals surface area (Å²) in [7, 11) is 1.56. The minimum Gasteiger partial charge on any atom is -0.493 e. The summed E-state index contributed by atoms with van der Waals surface area (Å²) >= 11 is 9.39. The van der Waals surface area contributed by atoms with Gasteiger partial charge in [-0.1, -0.05) is 39.7 Å². The number of hydrogen-bond acceptors (Lipinski definition) is 3. The van der Waals surface area contributed by atoms with Crippen LogP contribution in [0.2, 0.25) is 5.02 Å². The number of carbonyl (C=O) groups excluding carboxylic acids is 1. The maximum atomic E-state index is 12.0. The van der Waals surface area contributed by atoms with Crippen molar-refractivity contribution in [1.82, 2.24) is 0 Å². The fourth-order valence-electron chi connectivity index (χ4n) is 2.05. The summed E-state index contributed by atoms with van der Waals surface area (Å²) in [4.78, 5) is 12.0. The van der Waals surface area contributed by atoms with Gasteiger partial charge < -0.3 is 14.8 Å². The molecule has 0 aliphatic rings. The summed E-state index contributed by atoms with van der Waals surface area (Å²) in [6.45, 7) is 3.56. The molecule has 0 aromatic heterocycles. The van der Waals surface area contributed by atoms with Crippen molar-refractivity contribution in [2.75, 3.05) is 19.0 Å². The van der Waals surface area contributed by atoms with E-state index in [2.05, 4.69) is 27.8 Å². The topological polar surface area (TPSA) is 47.6 Å². The molecule has 0 bridgehead atoms. The van der Waals surface area contributed by atoms with Crippen molar-refractivity contribution < 1.29 is 14.3 Å². The zero-order chi connectivity index (χ0) is 17.5. The second-order valence-electron chi connectivity index (χ2n) is 4.94. The molecule has 2 aromatic rings. The summed E-state index contributed by atoms with van der Waals surface area (Å²) in [5.41, 5.74) is 1.59. The van der Waals surface area contributed by atoms with Gasteiger partial charge >= 0.3 is 0 Å². The number of rotatable bonds is 7. The van der Waals surface area contributed by atoms with Crippen LogP contribution in [0.15, 0.2) is 53.5 Å². The molecule has 0 atom stereocenters. The number of amides is 1. The number of methoxy groups -OCH3 is 1. The minimum absolute atomic E-state index is 0.149. The third kappa shape index (κ3) is 5.01. The van der Waals surface area contributed by atoms with Crippen molar-refractivity contribution >= 4 is 39.1 Å². The Morgan fingerprint density at radius 2 is 2.08 bits per heavy atom. The summed E-state index contributed by atoms with van der Waals surface area (Å²) < 4.78 is 11.7. The van der Waals surface area contributed by atoms with Crippen LogP contribution in [0.3, 0.4) is 0 Å². The van der Waals surface area contributed by atoms with Crippen LogP contribution in [0.4, 0.5) is 5.69 Å². The lowest BCUT2D eigenvalue weighted by atomic mass is 10.1. The van der Waals surface area contributed by atoms with Crippen LogP contribution in [0, 0.1) is 0 Å². The van der Waals surface area contributed by atoms with Gasteiger partial charge in [0.1, 0.15) is 0 Å². The molecule has 6 heteroatoms. The van der Waals surface area contributed by atoms with Crippen LogP contribution in [0.1, 0.15) is 5.56 Å². The van der Waals surface area contributed by atoms with Gasteiger partial charge in [0.05, 0.1) is 17.8 Å². The van der Waals surface area contributed by atoms with E-state index in [1.165, 1.54) is 0 Å². The zero-order valence-corrected chi connectivity index (χ0v) is 15.5. The largest absolute Gasteiger partial charge is 0.493 e. The molecule has 0 fully saturated rings. The highest BCUT2D eigenvalue weighted by molar-refractivity contribution is 9.10. The zero-order valence-electron chi connectivity index (χ0n) is 13.1. The van der Waals surface area contributed by atoms with Crippen LogP contribution in [-0.4, -0.2) is 19.6 Å². The first-order chi connectivity index (χ1) is 11.5. The van der Waals surface area contributed by atoms with Gasteiger partial charge in [-0.2, -0.15) is 0 Å². The van der Waals surface area contributed by atoms with Crippen LogP contribution in [0.25, 0.3) is 0 Å². The van der Waals surface area contributed by atoms with E-state index in [0.717, 1.165) is 16.5 Å². The van der Waals surface area contributed by atoms with Crippen molar-refractivity contribution in [2.45, 2.75) is 6.42 Å². The monoisotopic (exact) mass is 409 g/mol. The Bertz CT molecular complexity index is 749. The van der Waals surface area contributed by atoms with Crippen molar-refractivity contribution in [3.8, 4) is 11.5 Å². The molecule has 2 rings (SSSR count). The normalized spacial score (nSPS) is 10.1. The quantitative estimate of drug-likeness (QED) is 0.663. The second kappa shape index (κ2) is 8.76. The third-order valence-corrected chi connectivity index (χ3v) is 3.98. The van der Waals surface area contributed by atoms with Gasteiger partial charge in [0.15, 0.2) is 18.1 Å². The molecule has 0 radical (unpaired) electrons. The van der Waals surface area contributed by atoms with Crippen LogP contribution in [0.5, 0.6) is 11.5 Å². The van der Waals surface area contributed by atoms with Crippen molar-refractivity contribution in [2.24, 2.45) is 0 Å². The Hall–Kier alpha value is -1.98. The lowest BCUT2D eigenvalue weighted by Crippen LogP contribution is -2.20. The maximum Gasteiger partial charge on any atom is 0.262 e. The third-order valence-electron chi connectivity index (χ3n) is 3.17. The Morgan fingerprint density at radius 3 is 2.75 bits per heavy atom. The van der Waals surface area contributed by atoms with E-state index in [1.807, 2.05) is 18.2 Å². The van der Waals surface area contributed by atoms with E-state index in [9.17, 15) is 4.79 Å². The molecule has 0 saturated heterocycles. The van der Waals surface area contributed by atoms with Gasteiger partial charge in [0.25, 0.3) is 5.91 Å². The van der Waals surface area contributed by atoms with Crippen molar-refractivity contribution in [3.63, 3.8) is 0 Å². The summed E-state index contributed by atoms with van der Waals surface area (Å²) in [6, 6.07) is 10.8. The van der Waals surface area contributed by atoms with Crippen molar-refractivity contribution in [1.29, 1.82) is 0 Å². The van der Waals surface area contributed by atoms with Crippen LogP contribution < -0.4 is 14.8 Å². The van der Waals surface area contributed by atoms with Crippen LogP contribution >= 0.6 is 27.5 Å². The number of nitrogens with one attached hydrogen (secondary N) is 1. The van der Waals surface area contributed by atoms with E-state index >= 15 is 0 Å². The van der Waals surface area contributed by atoms with E-state index in [0.29, 0.717) is 22.2 Å². The van der Waals surface area contributed by atoms with Gasteiger partial charge in [-0.05, 0) is 42.3 Å². The molecular weight excluding hydrogens is 394 g/mol. The fourth-order valence-corrected chi connectivity index (χ4v) is 2.77. The average molecular weight is 411 g/mol. The number of carbonyl (C=O) groups is 1. The highest BCUT2D eigenvalue weighted by Gasteiger charge is 2.10. The fraction of sp³-hybridized carbons (Fsp3) is 0.167. The number of benzene rings is 2. The van der Waals surface area contributed by atoms with E-state index in [4.69, 9.17) is 21.1 Å². The van der Waals surface area contributed by atoms with Gasteiger partial charge in [-0.3, -0.25) is 4.79 Å². The molecule has 4 nitrogen and oxygen atoms in total. The molecule has 0 heterocycles. The molecule has 0 spiro atoms. The lowest BCUT2D eigenvalue weighted by Gasteiger charge is -2.12. The Morgan fingerprint density at radius 1 is 1.29 bits per heavy atom. The highest BCUT2D eigenvalue weighted by Crippen LogP contribution is 2.29. The molecule has 126 valence electrons. The van der Waals surface area contributed by atoms with E-state index < -0.39 is 0 Å². The summed E-state index contributed by atoms with van der Waals surface area (Å²) in [5, 5.41) is 3.15. The first-order valence-electron chi connectivity index (χ1n) is 7.19. The van der Waals surface area contributed by atoms with Crippen molar-refractivity contribution in [3.05, 3.63) is 64.1 Å². The van der Waals surface area contributed by atoms with Gasteiger partial charge in [0, 0.05) is 4.47 Å². The predicted molar refractivity (Wildman–Crippen MR) is 100 cm³/mol. The molecule has 0 saturated carbocycles. The van der Waals surface area contributed by atoms with Gasteiger partial charge in [-0.25, -0.2) is 0 Å². The van der Waals surface area contributed by atoms with Gasteiger partial charge in [-0.15, -0.1) is 6.58 Å². The first-order valence-corrected chi connectivity index (χ1v) is 8.36. The number of hydrogen-bond donors (Lipinski definition) is 1. The molecule has 2 aromatic carbocycles. The summed E-state index contributed by atoms with van der Waals surface area (Å²) in [5.74, 6) is 0.766. The standard InChI is InChI=1S/C18H17BrClNO3/c1-3-4-12-5-8-16(17(9-12)23-2)24-11-18(22)21-15-7-6-13(19)10-14(15)20/h3,5-10H,1,4,11H2,2H3,(H,21,22). The highest BCUT2D eigenvalue weighted by atomic mass is 79.9. The number of allylic oxidation sites excluding steroid dienone is 1.